The van der Waals surface area contributed by atoms with Gasteiger partial charge in [0.05, 0.1) is 5.69 Å². The molecule has 122 valence electrons. The molecule has 6 nitrogen and oxygen atoms in total. The number of hydrogen-bond donors (Lipinski definition) is 1. The number of rotatable bonds is 7. The van der Waals surface area contributed by atoms with Gasteiger partial charge in [-0.1, -0.05) is 34.6 Å². The summed E-state index contributed by atoms with van der Waals surface area (Å²) in [5.74, 6) is 0. The lowest BCUT2D eigenvalue weighted by molar-refractivity contribution is 0.309. The Balaban J connectivity index is 2.89. The van der Waals surface area contributed by atoms with E-state index in [9.17, 15) is 8.42 Å². The molecule has 21 heavy (non-hydrogen) atoms. The number of sulfonamides is 1. The zero-order chi connectivity index (χ0) is 16.3. The summed E-state index contributed by atoms with van der Waals surface area (Å²) in [7, 11) is -1.79. The summed E-state index contributed by atoms with van der Waals surface area (Å²) < 4.78 is 29.2. The third-order valence-electron chi connectivity index (χ3n) is 3.41. The second kappa shape index (κ2) is 6.89. The molecule has 0 amide bonds. The Labute approximate surface area is 128 Å². The third-order valence-corrected chi connectivity index (χ3v) is 4.87. The quantitative estimate of drug-likeness (QED) is 0.824. The summed E-state index contributed by atoms with van der Waals surface area (Å²) in [6, 6.07) is 0. The van der Waals surface area contributed by atoms with Crippen molar-refractivity contribution in [2.75, 3.05) is 26.2 Å². The number of aromatic nitrogens is 2. The fraction of sp³-hybridized carbons (Fsp3) is 0.786. The molecule has 1 heterocycles. The van der Waals surface area contributed by atoms with Crippen LogP contribution >= 0.6 is 0 Å². The third kappa shape index (κ3) is 4.79. The van der Waals surface area contributed by atoms with Gasteiger partial charge >= 0.3 is 0 Å². The van der Waals surface area contributed by atoms with E-state index in [-0.39, 0.29) is 10.3 Å². The van der Waals surface area contributed by atoms with Crippen molar-refractivity contribution in [2.45, 2.75) is 44.9 Å². The predicted octanol–water partition coefficient (Wildman–Crippen LogP) is 1.34. The molecular formula is C14H28N4O2S. The van der Waals surface area contributed by atoms with E-state index in [2.05, 4.69) is 28.6 Å². The first kappa shape index (κ1) is 18.1. The summed E-state index contributed by atoms with van der Waals surface area (Å²) in [6.45, 7) is 13.0. The molecule has 0 aliphatic heterocycles. The van der Waals surface area contributed by atoms with Crippen molar-refractivity contribution in [3.8, 4) is 0 Å². The van der Waals surface area contributed by atoms with Crippen molar-refractivity contribution in [1.29, 1.82) is 0 Å². The minimum atomic E-state index is -3.53. The number of likely N-dealkylation sites (N-methyl/N-ethyl adjacent to an activating group) is 1. The fourth-order valence-corrected chi connectivity index (χ4v) is 3.55. The minimum absolute atomic E-state index is 0.275. The lowest BCUT2D eigenvalue weighted by atomic mass is 9.92. The van der Waals surface area contributed by atoms with E-state index in [4.69, 9.17) is 0 Å². The maximum Gasteiger partial charge on any atom is 0.244 e. The van der Waals surface area contributed by atoms with Crippen LogP contribution in [0.15, 0.2) is 11.1 Å². The summed E-state index contributed by atoms with van der Waals surface area (Å²) in [5.41, 5.74) is 0.282. The Kier molecular flexibility index (Phi) is 5.95. The van der Waals surface area contributed by atoms with E-state index in [1.165, 1.54) is 0 Å². The Hall–Kier alpha value is -0.920. The lowest BCUT2D eigenvalue weighted by Crippen LogP contribution is -2.35. The van der Waals surface area contributed by atoms with Gasteiger partial charge < -0.3 is 4.90 Å². The molecule has 0 bridgehead atoms. The van der Waals surface area contributed by atoms with Crippen molar-refractivity contribution >= 4 is 10.0 Å². The normalized spacial score (nSPS) is 13.1. The second-order valence-electron chi connectivity index (χ2n) is 6.19. The van der Waals surface area contributed by atoms with Crippen LogP contribution in [-0.4, -0.2) is 49.3 Å². The summed E-state index contributed by atoms with van der Waals surface area (Å²) in [6.07, 6.45) is 1.57. The van der Waals surface area contributed by atoms with Gasteiger partial charge in [0.1, 0.15) is 4.90 Å². The Morgan fingerprint density at radius 2 is 1.86 bits per heavy atom. The molecule has 0 unspecified atom stereocenters. The molecule has 0 fully saturated rings. The number of nitrogens with zero attached hydrogens (tertiary/aromatic N) is 3. The average molecular weight is 316 g/mol. The van der Waals surface area contributed by atoms with E-state index in [0.29, 0.717) is 18.8 Å². The van der Waals surface area contributed by atoms with Crippen LogP contribution < -0.4 is 4.72 Å². The van der Waals surface area contributed by atoms with Crippen LogP contribution in [0.3, 0.4) is 0 Å². The van der Waals surface area contributed by atoms with Gasteiger partial charge in [0.2, 0.25) is 10.0 Å². The summed E-state index contributed by atoms with van der Waals surface area (Å²) in [4.78, 5) is 2.45. The van der Waals surface area contributed by atoms with Crippen LogP contribution in [0.1, 0.15) is 40.3 Å². The molecule has 0 atom stereocenters. The molecule has 0 aliphatic rings. The first-order valence-electron chi connectivity index (χ1n) is 7.38. The van der Waals surface area contributed by atoms with Gasteiger partial charge in [-0.2, -0.15) is 5.10 Å². The highest BCUT2D eigenvalue weighted by molar-refractivity contribution is 7.89. The van der Waals surface area contributed by atoms with Gasteiger partial charge in [-0.25, -0.2) is 13.1 Å². The van der Waals surface area contributed by atoms with Gasteiger partial charge in [0.25, 0.3) is 0 Å². The van der Waals surface area contributed by atoms with Crippen LogP contribution in [0.4, 0.5) is 0 Å². The minimum Gasteiger partial charge on any atom is -0.303 e. The average Bonchev–Trinajstić information content (AvgIpc) is 2.77. The molecule has 1 aromatic heterocycles. The first-order valence-corrected chi connectivity index (χ1v) is 8.86. The van der Waals surface area contributed by atoms with Crippen molar-refractivity contribution in [2.24, 2.45) is 7.05 Å². The number of nitrogens with one attached hydrogen (secondary N) is 1. The SMILES string of the molecule is CCN(CC)CCNS(=O)(=O)c1cn(C)nc1C(C)(C)C. The summed E-state index contributed by atoms with van der Waals surface area (Å²) in [5, 5.41) is 4.31. The Morgan fingerprint density at radius 3 is 2.33 bits per heavy atom. The summed E-state index contributed by atoms with van der Waals surface area (Å²) >= 11 is 0. The Morgan fingerprint density at radius 1 is 1.29 bits per heavy atom. The van der Waals surface area contributed by atoms with Gasteiger partial charge in [0, 0.05) is 31.7 Å². The van der Waals surface area contributed by atoms with E-state index in [1.807, 2.05) is 20.8 Å². The standard InChI is InChI=1S/C14H28N4O2S/c1-7-18(8-2)10-9-15-21(19,20)12-11-17(6)16-13(12)14(3,4)5/h11,15H,7-10H2,1-6H3. The van der Waals surface area contributed by atoms with Crippen molar-refractivity contribution in [3.05, 3.63) is 11.9 Å². The highest BCUT2D eigenvalue weighted by Crippen LogP contribution is 2.27. The van der Waals surface area contributed by atoms with E-state index < -0.39 is 10.0 Å². The molecule has 0 aliphatic carbocycles. The largest absolute Gasteiger partial charge is 0.303 e. The molecule has 0 aromatic carbocycles. The maximum atomic E-state index is 12.5. The van der Waals surface area contributed by atoms with Gasteiger partial charge in [-0.05, 0) is 13.1 Å². The van der Waals surface area contributed by atoms with Crippen LogP contribution in [0, 0.1) is 0 Å². The lowest BCUT2D eigenvalue weighted by Gasteiger charge is -2.19. The molecule has 7 heteroatoms. The molecule has 0 saturated carbocycles. The van der Waals surface area contributed by atoms with E-state index in [1.54, 1.807) is 17.9 Å². The van der Waals surface area contributed by atoms with Crippen LogP contribution in [0.25, 0.3) is 0 Å². The van der Waals surface area contributed by atoms with Crippen molar-refractivity contribution < 1.29 is 8.42 Å². The molecule has 1 aromatic rings. The van der Waals surface area contributed by atoms with Gasteiger partial charge in [-0.3, -0.25) is 4.68 Å². The van der Waals surface area contributed by atoms with Crippen LogP contribution in [-0.2, 0) is 22.5 Å². The van der Waals surface area contributed by atoms with Crippen LogP contribution in [0.2, 0.25) is 0 Å². The number of aryl methyl sites for hydroxylation is 1. The monoisotopic (exact) mass is 316 g/mol. The molecular weight excluding hydrogens is 288 g/mol. The van der Waals surface area contributed by atoms with E-state index in [0.717, 1.165) is 13.1 Å². The highest BCUT2D eigenvalue weighted by Gasteiger charge is 2.29. The second-order valence-corrected chi connectivity index (χ2v) is 7.93. The molecule has 0 spiro atoms. The molecule has 1 N–H and O–H groups in total. The zero-order valence-corrected chi connectivity index (χ0v) is 14.8. The highest BCUT2D eigenvalue weighted by atomic mass is 32.2. The molecule has 0 radical (unpaired) electrons. The fourth-order valence-electron chi connectivity index (χ4n) is 2.14. The maximum absolute atomic E-state index is 12.5. The predicted molar refractivity (Wildman–Crippen MR) is 84.9 cm³/mol. The van der Waals surface area contributed by atoms with Crippen molar-refractivity contribution in [1.82, 2.24) is 19.4 Å². The van der Waals surface area contributed by atoms with Crippen LogP contribution in [0.5, 0.6) is 0 Å². The van der Waals surface area contributed by atoms with Crippen molar-refractivity contribution in [3.63, 3.8) is 0 Å². The Bertz CT molecular complexity index is 554. The number of hydrogen-bond acceptors (Lipinski definition) is 4. The van der Waals surface area contributed by atoms with Gasteiger partial charge in [0.15, 0.2) is 0 Å². The topological polar surface area (TPSA) is 67.2 Å². The molecule has 1 rings (SSSR count). The zero-order valence-electron chi connectivity index (χ0n) is 14.0. The smallest absolute Gasteiger partial charge is 0.244 e. The first-order chi connectivity index (χ1) is 9.61. The van der Waals surface area contributed by atoms with E-state index >= 15 is 0 Å². The molecule has 0 saturated heterocycles. The van der Waals surface area contributed by atoms with Gasteiger partial charge in [-0.15, -0.1) is 0 Å².